The zero-order chi connectivity index (χ0) is 16.7. The standard InChI is InChI=1S/C15H14N4O4/c20-9-8-18-7-1-2-13(11-18)15(21)17-16-10-12-3-5-14(6-4-12)19(22)23/h1-7,10-11,20H,8-9H2/p+1/b16-10+. The number of hydrogen-bond acceptors (Lipinski definition) is 5. The summed E-state index contributed by atoms with van der Waals surface area (Å²) in [5.41, 5.74) is 3.39. The third-order valence-corrected chi connectivity index (χ3v) is 2.96. The van der Waals surface area contributed by atoms with Crippen molar-refractivity contribution in [1.29, 1.82) is 0 Å². The summed E-state index contributed by atoms with van der Waals surface area (Å²) >= 11 is 0. The van der Waals surface area contributed by atoms with Crippen LogP contribution in [0.2, 0.25) is 0 Å². The van der Waals surface area contributed by atoms with Crippen LogP contribution in [0.15, 0.2) is 53.9 Å². The lowest BCUT2D eigenvalue weighted by Crippen LogP contribution is -2.36. The molecule has 0 bridgehead atoms. The quantitative estimate of drug-likeness (QED) is 0.353. The van der Waals surface area contributed by atoms with Gasteiger partial charge in [0, 0.05) is 18.2 Å². The highest BCUT2D eigenvalue weighted by Gasteiger charge is 2.09. The van der Waals surface area contributed by atoms with Gasteiger partial charge in [0.1, 0.15) is 12.2 Å². The van der Waals surface area contributed by atoms with Crippen LogP contribution in [0.1, 0.15) is 15.9 Å². The monoisotopic (exact) mass is 315 g/mol. The summed E-state index contributed by atoms with van der Waals surface area (Å²) in [7, 11) is 0. The summed E-state index contributed by atoms with van der Waals surface area (Å²) in [6.07, 6.45) is 4.74. The van der Waals surface area contributed by atoms with Crippen molar-refractivity contribution in [1.82, 2.24) is 5.43 Å². The summed E-state index contributed by atoms with van der Waals surface area (Å²) in [5, 5.41) is 23.2. The third kappa shape index (κ3) is 4.68. The van der Waals surface area contributed by atoms with E-state index >= 15 is 0 Å². The van der Waals surface area contributed by atoms with Crippen LogP contribution in [0.5, 0.6) is 0 Å². The lowest BCUT2D eigenvalue weighted by Gasteiger charge is -1.99. The van der Waals surface area contributed by atoms with Crippen molar-refractivity contribution in [2.75, 3.05) is 6.61 Å². The van der Waals surface area contributed by atoms with Gasteiger partial charge in [-0.25, -0.2) is 9.99 Å². The first-order valence-corrected chi connectivity index (χ1v) is 6.78. The molecule has 0 saturated carbocycles. The van der Waals surface area contributed by atoms with E-state index < -0.39 is 10.8 Å². The molecule has 0 saturated heterocycles. The lowest BCUT2D eigenvalue weighted by atomic mass is 10.2. The summed E-state index contributed by atoms with van der Waals surface area (Å²) in [6, 6.07) is 9.11. The van der Waals surface area contributed by atoms with Crippen LogP contribution in [-0.2, 0) is 6.54 Å². The van der Waals surface area contributed by atoms with Crippen molar-refractivity contribution >= 4 is 17.8 Å². The lowest BCUT2D eigenvalue weighted by molar-refractivity contribution is -0.698. The Balaban J connectivity index is 1.98. The van der Waals surface area contributed by atoms with E-state index in [0.717, 1.165) is 0 Å². The highest BCUT2D eigenvalue weighted by atomic mass is 16.6. The van der Waals surface area contributed by atoms with Crippen LogP contribution in [0.4, 0.5) is 5.69 Å². The second kappa shape index (κ2) is 7.76. The van der Waals surface area contributed by atoms with Gasteiger partial charge in [-0.05, 0) is 23.8 Å². The molecule has 8 nitrogen and oxygen atoms in total. The van der Waals surface area contributed by atoms with Crippen LogP contribution < -0.4 is 9.99 Å². The van der Waals surface area contributed by atoms with Gasteiger partial charge >= 0.3 is 0 Å². The van der Waals surface area contributed by atoms with E-state index in [1.807, 2.05) is 0 Å². The average molecular weight is 315 g/mol. The molecule has 0 radical (unpaired) electrons. The van der Waals surface area contributed by atoms with E-state index in [1.54, 1.807) is 29.1 Å². The van der Waals surface area contributed by atoms with E-state index in [2.05, 4.69) is 10.5 Å². The van der Waals surface area contributed by atoms with E-state index in [4.69, 9.17) is 5.11 Å². The fourth-order valence-corrected chi connectivity index (χ4v) is 1.82. The SMILES string of the molecule is O=C(N/N=C/c1ccc([N+](=O)[O-])cc1)c1ccc[n+](CCO)c1. The number of pyridine rings is 1. The molecule has 118 valence electrons. The Morgan fingerprint density at radius 2 is 2.09 bits per heavy atom. The van der Waals surface area contributed by atoms with Gasteiger partial charge in [-0.3, -0.25) is 14.9 Å². The Bertz CT molecular complexity index is 729. The Morgan fingerprint density at radius 1 is 1.35 bits per heavy atom. The minimum atomic E-state index is -0.486. The van der Waals surface area contributed by atoms with Gasteiger partial charge in [0.25, 0.3) is 11.6 Å². The van der Waals surface area contributed by atoms with E-state index in [0.29, 0.717) is 17.7 Å². The molecule has 1 aromatic heterocycles. The van der Waals surface area contributed by atoms with E-state index in [-0.39, 0.29) is 12.3 Å². The number of carbonyl (C=O) groups is 1. The minimum Gasteiger partial charge on any atom is -0.390 e. The number of nitrogens with zero attached hydrogens (tertiary/aromatic N) is 3. The van der Waals surface area contributed by atoms with Gasteiger partial charge in [-0.15, -0.1) is 0 Å². The maximum absolute atomic E-state index is 11.9. The second-order valence-electron chi connectivity index (χ2n) is 4.60. The minimum absolute atomic E-state index is 0.0103. The zero-order valence-corrected chi connectivity index (χ0v) is 12.1. The van der Waals surface area contributed by atoms with Crippen molar-refractivity contribution in [3.8, 4) is 0 Å². The Morgan fingerprint density at radius 3 is 2.74 bits per heavy atom. The summed E-state index contributed by atoms with van der Waals surface area (Å²) in [4.78, 5) is 22.0. The molecule has 0 spiro atoms. The molecule has 2 rings (SSSR count). The van der Waals surface area contributed by atoms with Gasteiger partial charge in [-0.2, -0.15) is 5.10 Å². The van der Waals surface area contributed by atoms with E-state index in [9.17, 15) is 14.9 Å². The molecular formula is C15H15N4O4+. The van der Waals surface area contributed by atoms with Gasteiger partial charge in [0.2, 0.25) is 0 Å². The molecule has 1 amide bonds. The maximum atomic E-state index is 11.9. The van der Waals surface area contributed by atoms with E-state index in [1.165, 1.54) is 30.5 Å². The Hall–Kier alpha value is -3.13. The van der Waals surface area contributed by atoms with Gasteiger partial charge in [-0.1, -0.05) is 0 Å². The van der Waals surface area contributed by atoms with Crippen molar-refractivity contribution in [3.05, 3.63) is 70.0 Å². The Kier molecular flexibility index (Phi) is 5.48. The number of amides is 1. The topological polar surface area (TPSA) is 109 Å². The molecule has 23 heavy (non-hydrogen) atoms. The molecule has 2 aromatic rings. The van der Waals surface area contributed by atoms with Crippen LogP contribution in [0.25, 0.3) is 0 Å². The number of aliphatic hydroxyl groups excluding tert-OH is 1. The molecule has 0 aliphatic rings. The summed E-state index contributed by atoms with van der Waals surface area (Å²) in [5.74, 6) is -0.393. The second-order valence-corrected chi connectivity index (χ2v) is 4.60. The third-order valence-electron chi connectivity index (χ3n) is 2.96. The molecule has 0 atom stereocenters. The molecular weight excluding hydrogens is 300 g/mol. The number of aromatic nitrogens is 1. The van der Waals surface area contributed by atoms with Crippen molar-refractivity contribution in [3.63, 3.8) is 0 Å². The number of hydrogen-bond donors (Lipinski definition) is 2. The number of non-ortho nitro benzene ring substituents is 1. The number of aliphatic hydroxyl groups is 1. The molecule has 0 unspecified atom stereocenters. The predicted octanol–water partition coefficient (Wildman–Crippen LogP) is 0.638. The predicted molar refractivity (Wildman–Crippen MR) is 81.9 cm³/mol. The first-order chi connectivity index (χ1) is 11.1. The normalized spacial score (nSPS) is 10.7. The molecule has 1 aromatic carbocycles. The van der Waals surface area contributed by atoms with Crippen molar-refractivity contribution in [2.45, 2.75) is 6.54 Å². The highest BCUT2D eigenvalue weighted by molar-refractivity contribution is 5.94. The fraction of sp³-hybridized carbons (Fsp3) is 0.133. The van der Waals surface area contributed by atoms with Crippen molar-refractivity contribution in [2.24, 2.45) is 5.10 Å². The molecule has 0 aliphatic heterocycles. The largest absolute Gasteiger partial charge is 0.390 e. The molecule has 0 aliphatic carbocycles. The van der Waals surface area contributed by atoms with Gasteiger partial charge in [0.15, 0.2) is 18.9 Å². The number of nitro groups is 1. The average Bonchev–Trinajstić information content (AvgIpc) is 2.56. The molecule has 8 heteroatoms. The number of carbonyl (C=O) groups excluding carboxylic acids is 1. The molecule has 1 heterocycles. The molecule has 0 fully saturated rings. The molecule has 2 N–H and O–H groups in total. The first kappa shape index (κ1) is 16.2. The smallest absolute Gasteiger partial charge is 0.277 e. The summed E-state index contributed by atoms with van der Waals surface area (Å²) < 4.78 is 1.69. The number of nitro benzene ring substituents is 1. The number of hydrazone groups is 1. The number of rotatable bonds is 6. The zero-order valence-electron chi connectivity index (χ0n) is 12.1. The van der Waals surface area contributed by atoms with Gasteiger partial charge in [0.05, 0.1) is 11.1 Å². The van der Waals surface area contributed by atoms with Crippen molar-refractivity contribution < 1.29 is 19.4 Å². The fourth-order valence-electron chi connectivity index (χ4n) is 1.82. The first-order valence-electron chi connectivity index (χ1n) is 6.78. The van der Waals surface area contributed by atoms with Gasteiger partial charge < -0.3 is 5.11 Å². The summed E-state index contributed by atoms with van der Waals surface area (Å²) in [6.45, 7) is 0.376. The number of nitrogens with one attached hydrogen (secondary N) is 1. The highest BCUT2D eigenvalue weighted by Crippen LogP contribution is 2.10. The maximum Gasteiger partial charge on any atom is 0.277 e. The van der Waals surface area contributed by atoms with Crippen LogP contribution >= 0.6 is 0 Å². The van der Waals surface area contributed by atoms with Crippen LogP contribution in [-0.4, -0.2) is 28.8 Å². The van der Waals surface area contributed by atoms with Crippen LogP contribution in [0, 0.1) is 10.1 Å². The Labute approximate surface area is 131 Å². The van der Waals surface area contributed by atoms with Crippen LogP contribution in [0.3, 0.4) is 0 Å². The number of benzene rings is 1.